The van der Waals surface area contributed by atoms with Crippen LogP contribution in [-0.4, -0.2) is 13.1 Å². The zero-order chi connectivity index (χ0) is 12.4. The lowest BCUT2D eigenvalue weighted by Gasteiger charge is -2.04. The van der Waals surface area contributed by atoms with Crippen molar-refractivity contribution in [1.82, 2.24) is 0 Å². The summed E-state index contributed by atoms with van der Waals surface area (Å²) in [4.78, 5) is 22.5. The van der Waals surface area contributed by atoms with Crippen molar-refractivity contribution < 1.29 is 13.9 Å². The van der Waals surface area contributed by atoms with Crippen LogP contribution in [0.2, 0.25) is 0 Å². The maximum atomic E-state index is 11.5. The molecule has 0 aliphatic rings. The molecule has 0 aliphatic carbocycles. The first-order chi connectivity index (χ1) is 8.15. The molecule has 17 heavy (non-hydrogen) atoms. The number of methoxy groups -OCH3 is 1. The van der Waals surface area contributed by atoms with Gasteiger partial charge in [0.15, 0.2) is 0 Å². The Balaban J connectivity index is 2.78. The summed E-state index contributed by atoms with van der Waals surface area (Å²) in [7, 11) is 1.28. The molecule has 0 N–H and O–H groups in total. The van der Waals surface area contributed by atoms with E-state index in [9.17, 15) is 9.59 Å². The molecule has 0 unspecified atom stereocenters. The number of terminal acetylenes is 1. The third-order valence-corrected chi connectivity index (χ3v) is 2.32. The van der Waals surface area contributed by atoms with Crippen LogP contribution in [0.5, 0.6) is 0 Å². The van der Waals surface area contributed by atoms with Crippen molar-refractivity contribution in [3.8, 4) is 12.3 Å². The second kappa shape index (κ2) is 4.14. The Hall–Kier alpha value is -2.54. The highest BCUT2D eigenvalue weighted by Crippen LogP contribution is 2.19. The van der Waals surface area contributed by atoms with Crippen molar-refractivity contribution in [2.75, 3.05) is 7.11 Å². The molecule has 0 bridgehead atoms. The number of carbonyl (C=O) groups is 1. The standard InChI is InChI=1S/C13H8O4/c1-3-8-7-11-9(4-5-12(14)17-11)6-10(8)13(15)16-2/h1,4-7H,2H3. The molecule has 4 heteroatoms. The molecule has 1 heterocycles. The maximum Gasteiger partial charge on any atom is 0.339 e. The summed E-state index contributed by atoms with van der Waals surface area (Å²) >= 11 is 0. The highest BCUT2D eigenvalue weighted by atomic mass is 16.5. The van der Waals surface area contributed by atoms with Crippen molar-refractivity contribution in [3.63, 3.8) is 0 Å². The molecule has 0 saturated heterocycles. The predicted molar refractivity (Wildman–Crippen MR) is 61.8 cm³/mol. The van der Waals surface area contributed by atoms with Gasteiger partial charge in [-0.2, -0.15) is 0 Å². The van der Waals surface area contributed by atoms with Crippen LogP contribution in [-0.2, 0) is 4.74 Å². The van der Waals surface area contributed by atoms with Gasteiger partial charge in [-0.3, -0.25) is 0 Å². The number of benzene rings is 1. The summed E-state index contributed by atoms with van der Waals surface area (Å²) in [6.07, 6.45) is 5.29. The lowest BCUT2D eigenvalue weighted by molar-refractivity contribution is 0.0600. The first kappa shape index (κ1) is 11.0. The van der Waals surface area contributed by atoms with E-state index in [0.29, 0.717) is 16.5 Å². The molecule has 0 fully saturated rings. The van der Waals surface area contributed by atoms with E-state index in [2.05, 4.69) is 10.7 Å². The number of fused-ring (bicyclic) bond motifs is 1. The molecular formula is C13H8O4. The number of rotatable bonds is 1. The van der Waals surface area contributed by atoms with Crippen molar-refractivity contribution in [2.24, 2.45) is 0 Å². The van der Waals surface area contributed by atoms with Crippen LogP contribution in [0.3, 0.4) is 0 Å². The van der Waals surface area contributed by atoms with E-state index in [4.69, 9.17) is 10.8 Å². The predicted octanol–water partition coefficient (Wildman–Crippen LogP) is 1.56. The first-order valence-electron chi connectivity index (χ1n) is 4.78. The fourth-order valence-corrected chi connectivity index (χ4v) is 1.51. The summed E-state index contributed by atoms with van der Waals surface area (Å²) in [5.41, 5.74) is 0.486. The Kier molecular flexibility index (Phi) is 2.67. The van der Waals surface area contributed by atoms with Gasteiger partial charge >= 0.3 is 11.6 Å². The Labute approximate surface area is 96.8 Å². The monoisotopic (exact) mass is 228 g/mol. The normalized spacial score (nSPS) is 9.88. The molecule has 0 aliphatic heterocycles. The highest BCUT2D eigenvalue weighted by molar-refractivity contribution is 5.97. The third-order valence-electron chi connectivity index (χ3n) is 2.32. The van der Waals surface area contributed by atoms with Crippen molar-refractivity contribution >= 4 is 16.9 Å². The Morgan fingerprint density at radius 3 is 2.82 bits per heavy atom. The smallest absolute Gasteiger partial charge is 0.339 e. The topological polar surface area (TPSA) is 56.5 Å². The zero-order valence-electron chi connectivity index (χ0n) is 9.02. The van der Waals surface area contributed by atoms with Crippen LogP contribution in [0.25, 0.3) is 11.0 Å². The van der Waals surface area contributed by atoms with Crippen molar-refractivity contribution in [1.29, 1.82) is 0 Å². The van der Waals surface area contributed by atoms with Gasteiger partial charge in [-0.15, -0.1) is 6.42 Å². The van der Waals surface area contributed by atoms with Crippen molar-refractivity contribution in [3.05, 3.63) is 45.8 Å². The minimum absolute atomic E-state index is 0.274. The van der Waals surface area contributed by atoms with E-state index in [1.807, 2.05) is 0 Å². The highest BCUT2D eigenvalue weighted by Gasteiger charge is 2.12. The summed E-state index contributed by atoms with van der Waals surface area (Å²) < 4.78 is 9.59. The Morgan fingerprint density at radius 2 is 2.18 bits per heavy atom. The molecule has 0 saturated carbocycles. The van der Waals surface area contributed by atoms with Gasteiger partial charge in [0.1, 0.15) is 5.58 Å². The fraction of sp³-hybridized carbons (Fsp3) is 0.0769. The summed E-state index contributed by atoms with van der Waals surface area (Å²) in [6.45, 7) is 0. The molecule has 0 atom stereocenters. The van der Waals surface area contributed by atoms with Crippen LogP contribution in [0.15, 0.2) is 33.5 Å². The quantitative estimate of drug-likeness (QED) is 0.422. The number of ether oxygens (including phenoxy) is 1. The first-order valence-corrected chi connectivity index (χ1v) is 4.78. The summed E-state index contributed by atoms with van der Waals surface area (Å²) in [6, 6.07) is 5.86. The number of carbonyl (C=O) groups excluding carboxylic acids is 1. The van der Waals surface area contributed by atoms with Crippen LogP contribution in [0, 0.1) is 12.3 Å². The van der Waals surface area contributed by atoms with Crippen LogP contribution in [0.4, 0.5) is 0 Å². The third kappa shape index (κ3) is 1.91. The van der Waals surface area contributed by atoms with E-state index in [1.165, 1.54) is 19.2 Å². The van der Waals surface area contributed by atoms with E-state index in [0.717, 1.165) is 0 Å². The number of esters is 1. The molecule has 84 valence electrons. The van der Waals surface area contributed by atoms with Gasteiger partial charge in [-0.1, -0.05) is 5.92 Å². The van der Waals surface area contributed by atoms with E-state index >= 15 is 0 Å². The number of hydrogen-bond donors (Lipinski definition) is 0. The molecule has 0 amide bonds. The van der Waals surface area contributed by atoms with Crippen LogP contribution in [0.1, 0.15) is 15.9 Å². The Morgan fingerprint density at radius 1 is 1.41 bits per heavy atom. The average Bonchev–Trinajstić information content (AvgIpc) is 2.36. The van der Waals surface area contributed by atoms with E-state index in [1.54, 1.807) is 12.1 Å². The molecule has 0 spiro atoms. The molecule has 1 aromatic heterocycles. The molecule has 0 radical (unpaired) electrons. The summed E-state index contributed by atoms with van der Waals surface area (Å²) in [5, 5.41) is 0.615. The van der Waals surface area contributed by atoms with Gasteiger partial charge in [0.05, 0.1) is 12.7 Å². The lowest BCUT2D eigenvalue weighted by Crippen LogP contribution is -2.05. The molecule has 2 aromatic rings. The SMILES string of the molecule is C#Cc1cc2oc(=O)ccc2cc1C(=O)OC. The van der Waals surface area contributed by atoms with Gasteiger partial charge in [0.2, 0.25) is 0 Å². The van der Waals surface area contributed by atoms with Crippen molar-refractivity contribution in [2.45, 2.75) is 0 Å². The number of hydrogen-bond acceptors (Lipinski definition) is 4. The molecule has 1 aromatic carbocycles. The fourth-order valence-electron chi connectivity index (χ4n) is 1.51. The van der Waals surface area contributed by atoms with Gasteiger partial charge in [0.25, 0.3) is 0 Å². The maximum absolute atomic E-state index is 11.5. The largest absolute Gasteiger partial charge is 0.465 e. The van der Waals surface area contributed by atoms with Gasteiger partial charge in [-0.05, 0) is 18.2 Å². The van der Waals surface area contributed by atoms with E-state index in [-0.39, 0.29) is 5.56 Å². The molecule has 4 nitrogen and oxygen atoms in total. The van der Waals surface area contributed by atoms with Crippen LogP contribution >= 0.6 is 0 Å². The molecular weight excluding hydrogens is 220 g/mol. The minimum atomic E-state index is -0.522. The van der Waals surface area contributed by atoms with Gasteiger partial charge in [-0.25, -0.2) is 9.59 Å². The van der Waals surface area contributed by atoms with Crippen LogP contribution < -0.4 is 5.63 Å². The second-order valence-corrected chi connectivity index (χ2v) is 3.33. The second-order valence-electron chi connectivity index (χ2n) is 3.33. The lowest BCUT2D eigenvalue weighted by atomic mass is 10.1. The Bertz CT molecular complexity index is 689. The summed E-state index contributed by atoms with van der Waals surface area (Å²) in [5.74, 6) is 1.84. The van der Waals surface area contributed by atoms with Gasteiger partial charge in [0, 0.05) is 17.0 Å². The minimum Gasteiger partial charge on any atom is -0.465 e. The average molecular weight is 228 g/mol. The zero-order valence-corrected chi connectivity index (χ0v) is 9.02. The van der Waals surface area contributed by atoms with Gasteiger partial charge < -0.3 is 9.15 Å². The molecule has 2 rings (SSSR count). The van der Waals surface area contributed by atoms with E-state index < -0.39 is 11.6 Å².